The third-order valence-electron chi connectivity index (χ3n) is 3.63. The van der Waals surface area contributed by atoms with Crippen LogP contribution in [0.5, 0.6) is 0 Å². The molecule has 0 spiro atoms. The van der Waals surface area contributed by atoms with Crippen LogP contribution in [0, 0.1) is 0 Å². The summed E-state index contributed by atoms with van der Waals surface area (Å²) in [6.45, 7) is 2.71. The van der Waals surface area contributed by atoms with Crippen molar-refractivity contribution < 1.29 is 18.3 Å². The maximum absolute atomic E-state index is 12.8. The first kappa shape index (κ1) is 14.1. The molecule has 5 nitrogen and oxygen atoms in total. The Morgan fingerprint density at radius 3 is 2.81 bits per heavy atom. The van der Waals surface area contributed by atoms with Gasteiger partial charge in [0.1, 0.15) is 5.52 Å². The number of alkyl halides is 3. The highest BCUT2D eigenvalue weighted by Crippen LogP contribution is 2.32. The zero-order valence-corrected chi connectivity index (χ0v) is 11.4. The van der Waals surface area contributed by atoms with Crippen LogP contribution in [0.25, 0.3) is 5.52 Å². The molecule has 0 amide bonds. The third-order valence-corrected chi connectivity index (χ3v) is 3.63. The van der Waals surface area contributed by atoms with Crippen LogP contribution >= 0.6 is 0 Å². The number of anilines is 1. The van der Waals surface area contributed by atoms with E-state index in [1.54, 1.807) is 11.8 Å². The van der Waals surface area contributed by atoms with E-state index in [9.17, 15) is 18.3 Å². The normalized spacial score (nSPS) is 23.8. The van der Waals surface area contributed by atoms with Gasteiger partial charge in [-0.1, -0.05) is 0 Å². The van der Waals surface area contributed by atoms with Crippen LogP contribution in [0.15, 0.2) is 18.5 Å². The molecule has 2 aromatic heterocycles. The first-order valence-electron chi connectivity index (χ1n) is 6.65. The van der Waals surface area contributed by atoms with Crippen molar-refractivity contribution in [3.63, 3.8) is 0 Å². The van der Waals surface area contributed by atoms with Crippen LogP contribution in [0.1, 0.15) is 25.5 Å². The van der Waals surface area contributed by atoms with Gasteiger partial charge in [-0.25, -0.2) is 9.50 Å². The molecule has 8 heteroatoms. The summed E-state index contributed by atoms with van der Waals surface area (Å²) in [7, 11) is 0. The first-order valence-corrected chi connectivity index (χ1v) is 6.65. The SMILES string of the molecule is CC1(O)CCCN(c2nccn3nc(C(F)(F)F)cc23)C1. The van der Waals surface area contributed by atoms with Crippen LogP contribution in [0.3, 0.4) is 0 Å². The van der Waals surface area contributed by atoms with Crippen molar-refractivity contribution in [2.75, 3.05) is 18.0 Å². The van der Waals surface area contributed by atoms with Gasteiger partial charge >= 0.3 is 6.18 Å². The number of hydrogen-bond donors (Lipinski definition) is 1. The van der Waals surface area contributed by atoms with Gasteiger partial charge in [-0.3, -0.25) is 0 Å². The van der Waals surface area contributed by atoms with Crippen LogP contribution in [-0.2, 0) is 6.18 Å². The Morgan fingerprint density at radius 2 is 2.14 bits per heavy atom. The molecule has 3 heterocycles. The van der Waals surface area contributed by atoms with Crippen LogP contribution in [0.2, 0.25) is 0 Å². The topological polar surface area (TPSA) is 53.7 Å². The maximum atomic E-state index is 12.8. The number of aliphatic hydroxyl groups is 1. The van der Waals surface area contributed by atoms with Crippen molar-refractivity contribution >= 4 is 11.3 Å². The number of nitrogens with zero attached hydrogens (tertiary/aromatic N) is 4. The largest absolute Gasteiger partial charge is 0.435 e. The maximum Gasteiger partial charge on any atom is 0.435 e. The highest BCUT2D eigenvalue weighted by molar-refractivity contribution is 5.69. The monoisotopic (exact) mass is 300 g/mol. The van der Waals surface area contributed by atoms with Crippen LogP contribution < -0.4 is 4.90 Å². The fourth-order valence-electron chi connectivity index (χ4n) is 2.69. The van der Waals surface area contributed by atoms with Gasteiger partial charge in [0.05, 0.1) is 5.60 Å². The zero-order chi connectivity index (χ0) is 15.3. The van der Waals surface area contributed by atoms with E-state index in [1.165, 1.54) is 16.9 Å². The second-order valence-electron chi connectivity index (χ2n) is 5.63. The number of rotatable bonds is 1. The van der Waals surface area contributed by atoms with Crippen molar-refractivity contribution in [1.29, 1.82) is 0 Å². The van der Waals surface area contributed by atoms with E-state index in [0.29, 0.717) is 30.8 Å². The van der Waals surface area contributed by atoms with Crippen LogP contribution in [0.4, 0.5) is 19.0 Å². The highest BCUT2D eigenvalue weighted by Gasteiger charge is 2.35. The molecule has 1 N–H and O–H groups in total. The van der Waals surface area contributed by atoms with E-state index in [0.717, 1.165) is 12.5 Å². The molecule has 114 valence electrons. The van der Waals surface area contributed by atoms with Gasteiger partial charge in [-0.2, -0.15) is 18.3 Å². The molecule has 1 aliphatic heterocycles. The number of piperidine rings is 1. The Balaban J connectivity index is 2.04. The molecule has 1 aliphatic rings. The lowest BCUT2D eigenvalue weighted by Gasteiger charge is -2.37. The highest BCUT2D eigenvalue weighted by atomic mass is 19.4. The molecule has 1 fully saturated rings. The summed E-state index contributed by atoms with van der Waals surface area (Å²) < 4.78 is 39.5. The fourth-order valence-corrected chi connectivity index (χ4v) is 2.69. The third kappa shape index (κ3) is 2.67. The minimum Gasteiger partial charge on any atom is -0.388 e. The minimum atomic E-state index is -4.49. The summed E-state index contributed by atoms with van der Waals surface area (Å²) >= 11 is 0. The number of aromatic nitrogens is 3. The molecule has 0 aromatic carbocycles. The number of fused-ring (bicyclic) bond motifs is 1. The standard InChI is InChI=1S/C13H15F3N4O/c1-12(21)3-2-5-19(8-12)11-9-7-10(13(14,15)16)18-20(9)6-4-17-11/h4,6-7,21H,2-3,5,8H2,1H3. The summed E-state index contributed by atoms with van der Waals surface area (Å²) in [6.07, 6.45) is -0.263. The zero-order valence-electron chi connectivity index (χ0n) is 11.4. The summed E-state index contributed by atoms with van der Waals surface area (Å²) in [5.74, 6) is 0.417. The fraction of sp³-hybridized carbons (Fsp3) is 0.538. The molecular formula is C13H15F3N4O. The number of hydrogen-bond acceptors (Lipinski definition) is 4. The Bertz CT molecular complexity index is 665. The molecule has 1 atom stereocenters. The lowest BCUT2D eigenvalue weighted by molar-refractivity contribution is -0.141. The summed E-state index contributed by atoms with van der Waals surface area (Å²) in [6, 6.07) is 0.992. The van der Waals surface area contributed by atoms with Gasteiger partial charge in [0.25, 0.3) is 0 Å². The molecule has 21 heavy (non-hydrogen) atoms. The predicted molar refractivity (Wildman–Crippen MR) is 70.1 cm³/mol. The van der Waals surface area contributed by atoms with Crippen molar-refractivity contribution in [2.24, 2.45) is 0 Å². The smallest absolute Gasteiger partial charge is 0.388 e. The molecule has 3 rings (SSSR count). The molecule has 0 saturated carbocycles. The van der Waals surface area contributed by atoms with E-state index in [-0.39, 0.29) is 0 Å². The van der Waals surface area contributed by atoms with E-state index in [4.69, 9.17) is 0 Å². The van der Waals surface area contributed by atoms with Crippen molar-refractivity contribution in [3.8, 4) is 0 Å². The Labute approximate surface area is 119 Å². The summed E-state index contributed by atoms with van der Waals surface area (Å²) in [4.78, 5) is 5.98. The molecule has 0 aliphatic carbocycles. The minimum absolute atomic E-state index is 0.294. The van der Waals surface area contributed by atoms with Gasteiger partial charge in [0, 0.05) is 31.5 Å². The van der Waals surface area contributed by atoms with Crippen molar-refractivity contribution in [2.45, 2.75) is 31.5 Å². The van der Waals surface area contributed by atoms with Gasteiger partial charge < -0.3 is 10.0 Å². The quantitative estimate of drug-likeness (QED) is 0.876. The molecule has 1 unspecified atom stereocenters. The van der Waals surface area contributed by atoms with E-state index in [1.807, 2.05) is 0 Å². The molecule has 2 aromatic rings. The number of halogens is 3. The lowest BCUT2D eigenvalue weighted by atomic mass is 9.95. The lowest BCUT2D eigenvalue weighted by Crippen LogP contribution is -2.46. The first-order chi connectivity index (χ1) is 9.76. The Morgan fingerprint density at radius 1 is 1.38 bits per heavy atom. The van der Waals surface area contributed by atoms with Crippen LogP contribution in [-0.4, -0.2) is 38.4 Å². The van der Waals surface area contributed by atoms with Gasteiger partial charge in [0.15, 0.2) is 11.5 Å². The average Bonchev–Trinajstić information content (AvgIpc) is 2.81. The Kier molecular flexibility index (Phi) is 3.09. The summed E-state index contributed by atoms with van der Waals surface area (Å²) in [5, 5.41) is 13.7. The van der Waals surface area contributed by atoms with Gasteiger partial charge in [0.2, 0.25) is 0 Å². The molecule has 0 radical (unpaired) electrons. The molecular weight excluding hydrogens is 285 g/mol. The van der Waals surface area contributed by atoms with Gasteiger partial charge in [-0.05, 0) is 19.8 Å². The van der Waals surface area contributed by atoms with E-state index in [2.05, 4.69) is 10.1 Å². The van der Waals surface area contributed by atoms with Crippen molar-refractivity contribution in [1.82, 2.24) is 14.6 Å². The second kappa shape index (κ2) is 4.59. The predicted octanol–water partition coefficient (Wildman–Crippen LogP) is 2.10. The average molecular weight is 300 g/mol. The number of β-amino-alcohol motifs (C(OH)–C–C–N with tert-alkyl or cyclic N) is 1. The van der Waals surface area contributed by atoms with E-state index >= 15 is 0 Å². The second-order valence-corrected chi connectivity index (χ2v) is 5.63. The molecule has 0 bridgehead atoms. The van der Waals surface area contributed by atoms with E-state index < -0.39 is 17.5 Å². The molecule has 1 saturated heterocycles. The summed E-state index contributed by atoms with van der Waals surface area (Å²) in [5.41, 5.74) is -1.51. The Hall–Kier alpha value is -1.83. The van der Waals surface area contributed by atoms with Gasteiger partial charge in [-0.15, -0.1) is 0 Å². The van der Waals surface area contributed by atoms with Crippen molar-refractivity contribution in [3.05, 3.63) is 24.2 Å².